The molecule has 158 valence electrons. The number of benzene rings is 1. The van der Waals surface area contributed by atoms with E-state index in [4.69, 9.17) is 0 Å². The van der Waals surface area contributed by atoms with Crippen LogP contribution in [0.4, 0.5) is 15.1 Å². The van der Waals surface area contributed by atoms with Gasteiger partial charge in [0, 0.05) is 23.5 Å². The van der Waals surface area contributed by atoms with E-state index in [1.165, 1.54) is 46.9 Å². The van der Waals surface area contributed by atoms with Gasteiger partial charge in [0.1, 0.15) is 16.9 Å². The van der Waals surface area contributed by atoms with E-state index in [1.54, 1.807) is 11.9 Å². The topological polar surface area (TPSA) is 85.2 Å². The molecule has 30 heavy (non-hydrogen) atoms. The van der Waals surface area contributed by atoms with Gasteiger partial charge in [-0.3, -0.25) is 14.5 Å². The van der Waals surface area contributed by atoms with E-state index in [-0.39, 0.29) is 30.6 Å². The van der Waals surface area contributed by atoms with Crippen LogP contribution in [0.5, 0.6) is 0 Å². The summed E-state index contributed by atoms with van der Waals surface area (Å²) in [5.41, 5.74) is 2.23. The van der Waals surface area contributed by atoms with Crippen LogP contribution in [0.2, 0.25) is 0 Å². The number of nitriles is 1. The Bertz CT molecular complexity index is 949. The molecule has 1 aliphatic rings. The van der Waals surface area contributed by atoms with E-state index in [9.17, 15) is 19.2 Å². The average Bonchev–Trinajstić information content (AvgIpc) is 2.87. The molecule has 0 saturated carbocycles. The lowest BCUT2D eigenvalue weighted by Gasteiger charge is -2.16. The summed E-state index contributed by atoms with van der Waals surface area (Å²) in [5.74, 6) is -0.773. The zero-order valence-electron chi connectivity index (χ0n) is 17.0. The minimum Gasteiger partial charge on any atom is -0.325 e. The summed E-state index contributed by atoms with van der Waals surface area (Å²) in [6, 6.07) is 7.82. The number of fused-ring (bicyclic) bond motifs is 1. The Hall–Kier alpha value is -2.76. The van der Waals surface area contributed by atoms with E-state index in [1.807, 2.05) is 0 Å². The smallest absolute Gasteiger partial charge is 0.238 e. The number of halogens is 1. The van der Waals surface area contributed by atoms with Crippen LogP contribution >= 0.6 is 11.3 Å². The highest BCUT2D eigenvalue weighted by molar-refractivity contribution is 7.16. The SMILES string of the molecule is CN(CCC(=O)Nc1sc2c(c1C#N)CCCCC2)CC(=O)Nc1ccc(F)cc1. The first-order valence-electron chi connectivity index (χ1n) is 10.0. The quantitative estimate of drug-likeness (QED) is 0.655. The number of nitrogens with zero attached hydrogens (tertiary/aromatic N) is 2. The van der Waals surface area contributed by atoms with E-state index in [0.29, 0.717) is 22.8 Å². The molecule has 0 radical (unpaired) electrons. The van der Waals surface area contributed by atoms with Gasteiger partial charge in [0.2, 0.25) is 11.8 Å². The minimum absolute atomic E-state index is 0.113. The van der Waals surface area contributed by atoms with Gasteiger partial charge in [0.15, 0.2) is 0 Å². The van der Waals surface area contributed by atoms with Crippen LogP contribution in [0.15, 0.2) is 24.3 Å². The fourth-order valence-electron chi connectivity index (χ4n) is 3.49. The number of thiophene rings is 1. The monoisotopic (exact) mass is 428 g/mol. The molecule has 0 spiro atoms. The second kappa shape index (κ2) is 10.3. The maximum absolute atomic E-state index is 12.9. The van der Waals surface area contributed by atoms with Crippen LogP contribution in [-0.2, 0) is 22.4 Å². The Morgan fingerprint density at radius 2 is 1.87 bits per heavy atom. The molecule has 0 fully saturated rings. The van der Waals surface area contributed by atoms with Crippen LogP contribution in [0.25, 0.3) is 0 Å². The Kier molecular flexibility index (Phi) is 7.55. The first kappa shape index (κ1) is 21.9. The predicted octanol–water partition coefficient (Wildman–Crippen LogP) is 3.93. The standard InChI is InChI=1S/C22H25FN4O2S/c1-27(14-21(29)25-16-9-7-15(23)8-10-16)12-11-20(28)26-22-18(13-24)17-5-3-2-4-6-19(17)30-22/h7-10H,2-6,11-12,14H2,1H3,(H,25,29)(H,26,28). The summed E-state index contributed by atoms with van der Waals surface area (Å²) >= 11 is 1.52. The van der Waals surface area contributed by atoms with Gasteiger partial charge in [-0.25, -0.2) is 4.39 Å². The Labute approximate surface area is 179 Å². The molecular formula is C22H25FN4O2S. The lowest BCUT2D eigenvalue weighted by atomic mass is 10.1. The Balaban J connectivity index is 1.48. The second-order valence-electron chi connectivity index (χ2n) is 7.47. The molecule has 0 bridgehead atoms. The summed E-state index contributed by atoms with van der Waals surface area (Å²) in [5, 5.41) is 15.8. The lowest BCUT2D eigenvalue weighted by Crippen LogP contribution is -2.32. The maximum Gasteiger partial charge on any atom is 0.238 e. The highest BCUT2D eigenvalue weighted by Crippen LogP contribution is 2.37. The van der Waals surface area contributed by atoms with E-state index in [2.05, 4.69) is 16.7 Å². The predicted molar refractivity (Wildman–Crippen MR) is 116 cm³/mol. The van der Waals surface area contributed by atoms with Crippen molar-refractivity contribution in [3.63, 3.8) is 0 Å². The minimum atomic E-state index is -0.363. The third-order valence-electron chi connectivity index (χ3n) is 5.05. The Morgan fingerprint density at radius 3 is 2.60 bits per heavy atom. The molecule has 6 nitrogen and oxygen atoms in total. The summed E-state index contributed by atoms with van der Waals surface area (Å²) in [7, 11) is 1.76. The number of hydrogen-bond acceptors (Lipinski definition) is 5. The summed E-state index contributed by atoms with van der Waals surface area (Å²) in [6.07, 6.45) is 5.46. The molecule has 1 heterocycles. The van der Waals surface area contributed by atoms with Gasteiger partial charge in [-0.2, -0.15) is 5.26 Å². The van der Waals surface area contributed by atoms with Crippen molar-refractivity contribution in [2.75, 3.05) is 30.8 Å². The third-order valence-corrected chi connectivity index (χ3v) is 6.26. The highest BCUT2D eigenvalue weighted by Gasteiger charge is 2.21. The number of carbonyl (C=O) groups excluding carboxylic acids is 2. The molecule has 1 aromatic carbocycles. The van der Waals surface area contributed by atoms with E-state index >= 15 is 0 Å². The molecule has 8 heteroatoms. The van der Waals surface area contributed by atoms with Crippen LogP contribution in [0.1, 0.15) is 41.7 Å². The molecule has 0 saturated heterocycles. The van der Waals surface area contributed by atoms with Crippen molar-refractivity contribution in [2.45, 2.75) is 38.5 Å². The van der Waals surface area contributed by atoms with Crippen molar-refractivity contribution in [1.82, 2.24) is 4.90 Å². The van der Waals surface area contributed by atoms with Crippen molar-refractivity contribution >= 4 is 33.8 Å². The van der Waals surface area contributed by atoms with Crippen molar-refractivity contribution in [3.8, 4) is 6.07 Å². The molecule has 3 rings (SSSR count). The van der Waals surface area contributed by atoms with Gasteiger partial charge in [-0.15, -0.1) is 11.3 Å². The molecule has 2 N–H and O–H groups in total. The normalized spacial score (nSPS) is 13.3. The first-order chi connectivity index (χ1) is 14.5. The van der Waals surface area contributed by atoms with E-state index in [0.717, 1.165) is 31.2 Å². The summed E-state index contributed by atoms with van der Waals surface area (Å²) in [6.45, 7) is 0.511. The fraction of sp³-hybridized carbons (Fsp3) is 0.409. The lowest BCUT2D eigenvalue weighted by molar-refractivity contribution is -0.119. The number of anilines is 2. The first-order valence-corrected chi connectivity index (χ1v) is 10.9. The molecule has 0 atom stereocenters. The number of carbonyl (C=O) groups is 2. The number of likely N-dealkylation sites (N-methyl/N-ethyl adjacent to an activating group) is 1. The number of hydrogen-bond donors (Lipinski definition) is 2. The molecular weight excluding hydrogens is 403 g/mol. The summed E-state index contributed by atoms with van der Waals surface area (Å²) in [4.78, 5) is 27.4. The average molecular weight is 429 g/mol. The number of aryl methyl sites for hydroxylation is 1. The molecule has 0 unspecified atom stereocenters. The van der Waals surface area contributed by atoms with Gasteiger partial charge in [-0.1, -0.05) is 6.42 Å². The third kappa shape index (κ3) is 5.88. The maximum atomic E-state index is 12.9. The van der Waals surface area contributed by atoms with Gasteiger partial charge >= 0.3 is 0 Å². The van der Waals surface area contributed by atoms with Crippen molar-refractivity contribution in [3.05, 3.63) is 46.1 Å². The van der Waals surface area contributed by atoms with Crippen molar-refractivity contribution in [2.24, 2.45) is 0 Å². The second-order valence-corrected chi connectivity index (χ2v) is 8.58. The fourth-order valence-corrected chi connectivity index (χ4v) is 4.74. The van der Waals surface area contributed by atoms with Gasteiger partial charge < -0.3 is 10.6 Å². The molecule has 1 aromatic heterocycles. The van der Waals surface area contributed by atoms with E-state index < -0.39 is 0 Å². The Morgan fingerprint density at radius 1 is 1.13 bits per heavy atom. The van der Waals surface area contributed by atoms with Gasteiger partial charge in [-0.05, 0) is 62.6 Å². The van der Waals surface area contributed by atoms with Gasteiger partial charge in [0.05, 0.1) is 12.1 Å². The highest BCUT2D eigenvalue weighted by atomic mass is 32.1. The zero-order valence-corrected chi connectivity index (χ0v) is 17.8. The van der Waals surface area contributed by atoms with Crippen LogP contribution in [-0.4, -0.2) is 36.9 Å². The zero-order chi connectivity index (χ0) is 21.5. The molecule has 2 aromatic rings. The van der Waals surface area contributed by atoms with Crippen molar-refractivity contribution in [1.29, 1.82) is 5.26 Å². The summed E-state index contributed by atoms with van der Waals surface area (Å²) < 4.78 is 12.9. The van der Waals surface area contributed by atoms with Crippen LogP contribution < -0.4 is 10.6 Å². The molecule has 1 aliphatic carbocycles. The number of nitrogens with one attached hydrogen (secondary N) is 2. The van der Waals surface area contributed by atoms with Crippen LogP contribution in [0.3, 0.4) is 0 Å². The number of amides is 2. The van der Waals surface area contributed by atoms with Crippen molar-refractivity contribution < 1.29 is 14.0 Å². The number of rotatable bonds is 7. The largest absolute Gasteiger partial charge is 0.325 e. The molecule has 0 aliphatic heterocycles. The van der Waals surface area contributed by atoms with Gasteiger partial charge in [0.25, 0.3) is 0 Å². The van der Waals surface area contributed by atoms with Crippen LogP contribution in [0, 0.1) is 17.1 Å². The molecule has 2 amide bonds.